The summed E-state index contributed by atoms with van der Waals surface area (Å²) in [6, 6.07) is 11.7. The van der Waals surface area contributed by atoms with Crippen molar-refractivity contribution in [2.45, 2.75) is 30.9 Å². The number of ether oxygens (including phenoxy) is 1. The molecule has 1 atom stereocenters. The van der Waals surface area contributed by atoms with Crippen molar-refractivity contribution in [1.29, 1.82) is 5.26 Å². The molecule has 0 radical (unpaired) electrons. The van der Waals surface area contributed by atoms with Gasteiger partial charge in [-0.15, -0.1) is 0 Å². The molecule has 0 fully saturated rings. The van der Waals surface area contributed by atoms with Crippen molar-refractivity contribution in [1.82, 2.24) is 0 Å². The van der Waals surface area contributed by atoms with Crippen molar-refractivity contribution in [3.8, 4) is 6.07 Å². The monoisotopic (exact) mass is 362 g/mol. The first-order valence-corrected chi connectivity index (χ1v) is 8.59. The van der Waals surface area contributed by atoms with E-state index >= 15 is 0 Å². The molecule has 1 unspecified atom stereocenters. The molecule has 0 spiro atoms. The topological polar surface area (TPSA) is 98.9 Å². The molecule has 0 amide bonds. The zero-order chi connectivity index (χ0) is 17.8. The van der Waals surface area contributed by atoms with Gasteiger partial charge in [-0.05, 0) is 30.9 Å². The molecule has 1 aromatic carbocycles. The van der Waals surface area contributed by atoms with E-state index in [1.165, 1.54) is 11.8 Å². The highest BCUT2D eigenvalue weighted by molar-refractivity contribution is 8.24. The molecule has 24 heavy (non-hydrogen) atoms. The molecule has 0 bridgehead atoms. The molecule has 0 saturated heterocycles. The Balaban J connectivity index is 2.44. The van der Waals surface area contributed by atoms with Gasteiger partial charge in [-0.25, -0.2) is 0 Å². The van der Waals surface area contributed by atoms with Crippen molar-refractivity contribution < 1.29 is 9.53 Å². The number of rotatable bonds is 9. The van der Waals surface area contributed by atoms with Gasteiger partial charge in [0.25, 0.3) is 0 Å². The molecule has 126 valence electrons. The Hall–Kier alpha value is -2.07. The summed E-state index contributed by atoms with van der Waals surface area (Å²) in [6.45, 7) is 2.26. The molecular weight excluding hydrogens is 344 g/mol. The maximum absolute atomic E-state index is 11.7. The molecule has 0 aliphatic heterocycles. The lowest BCUT2D eigenvalue weighted by atomic mass is 10.1. The lowest BCUT2D eigenvalue weighted by molar-refractivity contribution is -0.143. The first kappa shape index (κ1) is 20.0. The maximum atomic E-state index is 11.7. The van der Waals surface area contributed by atoms with E-state index in [-0.39, 0.29) is 19.0 Å². The van der Waals surface area contributed by atoms with Crippen molar-refractivity contribution >= 4 is 34.1 Å². The molecule has 0 aromatic heterocycles. The van der Waals surface area contributed by atoms with Crippen LogP contribution in [-0.4, -0.2) is 28.1 Å². The zero-order valence-electron chi connectivity index (χ0n) is 13.3. The van der Waals surface area contributed by atoms with E-state index in [4.69, 9.17) is 22.5 Å². The predicted molar refractivity (Wildman–Crippen MR) is 98.6 cm³/mol. The maximum Gasteiger partial charge on any atom is 0.305 e. The van der Waals surface area contributed by atoms with E-state index in [9.17, 15) is 10.1 Å². The van der Waals surface area contributed by atoms with E-state index in [2.05, 4.69) is 16.1 Å². The normalized spacial score (nSPS) is 12.3. The number of carbonyl (C=O) groups is 1. The van der Waals surface area contributed by atoms with Crippen LogP contribution >= 0.6 is 24.0 Å². The highest BCUT2D eigenvalue weighted by atomic mass is 32.2. The number of azide groups is 1. The largest absolute Gasteiger partial charge is 0.466 e. The minimum atomic E-state index is -0.795. The Morgan fingerprint density at radius 2 is 2.21 bits per heavy atom. The zero-order valence-corrected chi connectivity index (χ0v) is 15.0. The number of esters is 1. The lowest BCUT2D eigenvalue weighted by Gasteiger charge is -2.20. The Labute approximate surface area is 150 Å². The Morgan fingerprint density at radius 3 is 2.83 bits per heavy atom. The average Bonchev–Trinajstić information content (AvgIpc) is 2.60. The molecule has 6 nitrogen and oxygen atoms in total. The summed E-state index contributed by atoms with van der Waals surface area (Å²) < 4.78 is 4.88. The second kappa shape index (κ2) is 10.7. The van der Waals surface area contributed by atoms with E-state index in [1.807, 2.05) is 30.3 Å². The number of hydrogen-bond donors (Lipinski definition) is 0. The van der Waals surface area contributed by atoms with Gasteiger partial charge in [-0.1, -0.05) is 59.4 Å². The molecule has 0 heterocycles. The molecule has 1 aromatic rings. The molecule has 0 N–H and O–H groups in total. The Kier molecular flexibility index (Phi) is 8.87. The van der Waals surface area contributed by atoms with Crippen LogP contribution in [0, 0.1) is 11.3 Å². The van der Waals surface area contributed by atoms with Crippen molar-refractivity contribution in [3.05, 3.63) is 46.3 Å². The Morgan fingerprint density at radius 1 is 1.50 bits per heavy atom. The van der Waals surface area contributed by atoms with Crippen LogP contribution < -0.4 is 0 Å². The molecule has 1 rings (SSSR count). The van der Waals surface area contributed by atoms with E-state index < -0.39 is 4.75 Å². The number of nitriles is 1. The second-order valence-electron chi connectivity index (χ2n) is 5.13. The molecule has 8 heteroatoms. The highest BCUT2D eigenvalue weighted by Crippen LogP contribution is 2.33. The van der Waals surface area contributed by atoms with Gasteiger partial charge in [0.15, 0.2) is 0 Å². The number of thioether (sulfide) groups is 1. The summed E-state index contributed by atoms with van der Waals surface area (Å²) in [7, 11) is 0. The summed E-state index contributed by atoms with van der Waals surface area (Å²) in [5, 5.41) is 12.8. The fourth-order valence-corrected chi connectivity index (χ4v) is 3.35. The van der Waals surface area contributed by atoms with Crippen LogP contribution in [0.15, 0.2) is 35.4 Å². The number of hydrogen-bond acceptors (Lipinski definition) is 6. The molecular formula is C16H18N4O2S2. The van der Waals surface area contributed by atoms with Gasteiger partial charge in [0.05, 0.1) is 16.9 Å². The standard InChI is InChI=1S/C16H18N4O2S2/c1-16(12-17,24-15(23)13-6-3-2-4-7-13)9-8-14(21)22-11-5-10-19-20-18/h2-4,6-7H,5,8-11H2,1H3. The predicted octanol–water partition coefficient (Wildman–Crippen LogP) is 4.40. The quantitative estimate of drug-likeness (QED) is 0.162. The van der Waals surface area contributed by atoms with E-state index in [0.717, 1.165) is 5.56 Å². The molecule has 0 saturated carbocycles. The summed E-state index contributed by atoms with van der Waals surface area (Å²) in [6.07, 6.45) is 0.963. The Bertz CT molecular complexity index is 654. The van der Waals surface area contributed by atoms with Crippen LogP contribution in [0.3, 0.4) is 0 Å². The summed E-state index contributed by atoms with van der Waals surface area (Å²) in [5.41, 5.74) is 9.03. The summed E-state index contributed by atoms with van der Waals surface area (Å²) in [5.74, 6) is -0.372. The number of thiocarbonyl (C=S) groups is 1. The van der Waals surface area contributed by atoms with Crippen molar-refractivity contribution in [2.75, 3.05) is 13.2 Å². The molecule has 0 aliphatic rings. The van der Waals surface area contributed by atoms with Gasteiger partial charge in [0, 0.05) is 17.9 Å². The number of nitrogens with zero attached hydrogens (tertiary/aromatic N) is 4. The summed E-state index contributed by atoms with van der Waals surface area (Å²) in [4.78, 5) is 14.3. The number of benzene rings is 1. The van der Waals surface area contributed by atoms with Crippen LogP contribution in [0.25, 0.3) is 10.4 Å². The minimum Gasteiger partial charge on any atom is -0.466 e. The highest BCUT2D eigenvalue weighted by Gasteiger charge is 2.28. The fourth-order valence-electron chi connectivity index (χ4n) is 1.75. The van der Waals surface area contributed by atoms with Crippen LogP contribution in [-0.2, 0) is 9.53 Å². The van der Waals surface area contributed by atoms with Gasteiger partial charge in [-0.3, -0.25) is 4.79 Å². The minimum absolute atomic E-state index is 0.135. The van der Waals surface area contributed by atoms with E-state index in [1.54, 1.807) is 6.92 Å². The SMILES string of the molecule is CC(C#N)(CCC(=O)OCCCN=[N+]=[N-])SC(=S)c1ccccc1. The molecule has 0 aliphatic carbocycles. The third kappa shape index (κ3) is 7.47. The lowest BCUT2D eigenvalue weighted by Crippen LogP contribution is -2.22. The summed E-state index contributed by atoms with van der Waals surface area (Å²) >= 11 is 6.67. The van der Waals surface area contributed by atoms with Gasteiger partial charge in [0.1, 0.15) is 4.75 Å². The van der Waals surface area contributed by atoms with Crippen molar-refractivity contribution in [3.63, 3.8) is 0 Å². The van der Waals surface area contributed by atoms with E-state index in [0.29, 0.717) is 23.6 Å². The van der Waals surface area contributed by atoms with Gasteiger partial charge < -0.3 is 4.74 Å². The van der Waals surface area contributed by atoms with Gasteiger partial charge in [-0.2, -0.15) is 5.26 Å². The smallest absolute Gasteiger partial charge is 0.305 e. The first-order chi connectivity index (χ1) is 11.5. The third-order valence-corrected chi connectivity index (χ3v) is 4.75. The number of carbonyl (C=O) groups excluding carboxylic acids is 1. The second-order valence-corrected chi connectivity index (χ2v) is 7.31. The fraction of sp³-hybridized carbons (Fsp3) is 0.438. The first-order valence-electron chi connectivity index (χ1n) is 7.37. The van der Waals surface area contributed by atoms with Crippen LogP contribution in [0.5, 0.6) is 0 Å². The van der Waals surface area contributed by atoms with Gasteiger partial charge >= 0.3 is 5.97 Å². The average molecular weight is 362 g/mol. The van der Waals surface area contributed by atoms with Crippen LogP contribution in [0.1, 0.15) is 31.7 Å². The van der Waals surface area contributed by atoms with Crippen molar-refractivity contribution in [2.24, 2.45) is 5.11 Å². The third-order valence-electron chi connectivity index (χ3n) is 3.10. The van der Waals surface area contributed by atoms with Crippen LogP contribution in [0.4, 0.5) is 0 Å². The van der Waals surface area contributed by atoms with Crippen LogP contribution in [0.2, 0.25) is 0 Å². The van der Waals surface area contributed by atoms with Gasteiger partial charge in [0.2, 0.25) is 0 Å².